The van der Waals surface area contributed by atoms with Gasteiger partial charge in [-0.3, -0.25) is 14.7 Å². The number of ether oxygens (including phenoxy) is 4. The molecule has 11 heteroatoms. The van der Waals surface area contributed by atoms with Crippen molar-refractivity contribution < 1.29 is 18.9 Å². The molecule has 4 aliphatic rings. The number of benzene rings is 3. The molecular weight excluding hydrogens is 685 g/mol. The van der Waals surface area contributed by atoms with Crippen LogP contribution in [0.5, 0.6) is 23.0 Å². The molecule has 0 radical (unpaired) electrons. The first-order chi connectivity index (χ1) is 24.8. The molecule has 0 amide bonds. The molecule has 0 unspecified atom stereocenters. The monoisotopic (exact) mass is 741 g/mol. The van der Waals surface area contributed by atoms with Crippen molar-refractivity contribution in [1.29, 1.82) is 0 Å². The third-order valence-electron chi connectivity index (χ3n) is 10.1. The second kappa shape index (κ2) is 19.7. The average Bonchev–Trinajstić information content (AvgIpc) is 3.65. The van der Waals surface area contributed by atoms with Gasteiger partial charge in [-0.25, -0.2) is 0 Å². The Labute approximate surface area is 315 Å². The van der Waals surface area contributed by atoms with Crippen LogP contribution in [-0.4, -0.2) is 114 Å². The van der Waals surface area contributed by atoms with E-state index in [1.54, 1.807) is 14.2 Å². The Balaban J connectivity index is 0.000000149. The predicted octanol–water partition coefficient (Wildman–Crippen LogP) is 7.55. The molecule has 2 saturated heterocycles. The zero-order valence-corrected chi connectivity index (χ0v) is 32.8. The fourth-order valence-electron chi connectivity index (χ4n) is 7.07. The molecule has 280 valence electrons. The largest absolute Gasteiger partial charge is 0.493 e. The summed E-state index contributed by atoms with van der Waals surface area (Å²) in [6.07, 6.45) is 3.57. The molecule has 0 aromatic heterocycles. The highest BCUT2D eigenvalue weighted by Crippen LogP contribution is 2.36. The van der Waals surface area contributed by atoms with Gasteiger partial charge in [0.05, 0.1) is 24.3 Å². The third-order valence-corrected chi connectivity index (χ3v) is 10.8. The minimum Gasteiger partial charge on any atom is -0.493 e. The lowest BCUT2D eigenvalue weighted by Gasteiger charge is -2.36. The molecule has 9 nitrogen and oxygen atoms in total. The summed E-state index contributed by atoms with van der Waals surface area (Å²) in [5.41, 5.74) is 5.18. The summed E-state index contributed by atoms with van der Waals surface area (Å²) in [5, 5.41) is 1.26. The van der Waals surface area contributed by atoms with Crippen LogP contribution in [0.4, 0.5) is 11.4 Å². The molecule has 7 rings (SSSR count). The molecule has 51 heavy (non-hydrogen) atoms. The first-order valence-electron chi connectivity index (χ1n) is 18.6. The molecular formula is C40H57Cl2N5O4. The van der Waals surface area contributed by atoms with E-state index in [0.717, 1.165) is 101 Å². The van der Waals surface area contributed by atoms with Crippen molar-refractivity contribution in [2.75, 3.05) is 109 Å². The number of rotatable bonds is 9. The first kappa shape index (κ1) is 39.1. The standard InChI is InChI=1S/C14H20N2O2.C13H18Cl2N2.C13H19NO2/c1-2-5-15-6-8-16(9-7-15)12-3-4-13-14(10-12)18-11-17-13;1-2-5-16-6-8-17(9-7-16)11-3-4-12(14)13(15)10-11;1-4-14-6-5-10-7-12(15-2)13(16-3)8-11(10)9-14/h3-4,10H,2,5-9,11H2,1H3;3-4,10H,2,5-9H2,1H3;7-8H,4-6,9H2,1-3H3. The van der Waals surface area contributed by atoms with Crippen LogP contribution in [0, 0.1) is 0 Å². The molecule has 4 aliphatic heterocycles. The molecule has 0 bridgehead atoms. The average molecular weight is 743 g/mol. The van der Waals surface area contributed by atoms with Crippen molar-refractivity contribution in [2.24, 2.45) is 0 Å². The quantitative estimate of drug-likeness (QED) is 0.221. The minimum atomic E-state index is 0.350. The fourth-order valence-corrected chi connectivity index (χ4v) is 7.36. The number of halogens is 2. The van der Waals surface area contributed by atoms with Crippen molar-refractivity contribution >= 4 is 34.6 Å². The number of fused-ring (bicyclic) bond motifs is 2. The molecule has 0 N–H and O–H groups in total. The van der Waals surface area contributed by atoms with E-state index in [2.05, 4.69) is 69.5 Å². The Hall–Kier alpha value is -3.08. The summed E-state index contributed by atoms with van der Waals surface area (Å²) >= 11 is 12.0. The zero-order chi connectivity index (χ0) is 36.2. The first-order valence-corrected chi connectivity index (χ1v) is 19.4. The topological polar surface area (TPSA) is 53.1 Å². The molecule has 0 saturated carbocycles. The van der Waals surface area contributed by atoms with Crippen LogP contribution in [0.2, 0.25) is 10.0 Å². The van der Waals surface area contributed by atoms with Gasteiger partial charge in [0, 0.05) is 82.9 Å². The number of piperazine rings is 2. The van der Waals surface area contributed by atoms with Gasteiger partial charge in [0.1, 0.15) is 0 Å². The van der Waals surface area contributed by atoms with Gasteiger partial charge in [0.15, 0.2) is 23.0 Å². The predicted molar refractivity (Wildman–Crippen MR) is 211 cm³/mol. The van der Waals surface area contributed by atoms with Crippen LogP contribution in [-0.2, 0) is 13.0 Å². The van der Waals surface area contributed by atoms with Crippen LogP contribution in [0.25, 0.3) is 0 Å². The van der Waals surface area contributed by atoms with Gasteiger partial charge in [-0.15, -0.1) is 0 Å². The fraction of sp³-hybridized carbons (Fsp3) is 0.550. The normalized spacial score (nSPS) is 17.5. The van der Waals surface area contributed by atoms with Crippen molar-refractivity contribution in [1.82, 2.24) is 14.7 Å². The minimum absolute atomic E-state index is 0.350. The van der Waals surface area contributed by atoms with Gasteiger partial charge in [0.2, 0.25) is 6.79 Å². The smallest absolute Gasteiger partial charge is 0.231 e. The summed E-state index contributed by atoms with van der Waals surface area (Å²) in [5.74, 6) is 3.41. The van der Waals surface area contributed by atoms with E-state index in [4.69, 9.17) is 42.1 Å². The number of likely N-dealkylation sites (N-methyl/N-ethyl adjacent to an activating group) is 1. The zero-order valence-electron chi connectivity index (χ0n) is 31.3. The maximum absolute atomic E-state index is 6.04. The molecule has 3 aromatic carbocycles. The van der Waals surface area contributed by atoms with Crippen molar-refractivity contribution in [2.45, 2.75) is 46.6 Å². The molecule has 0 spiro atoms. The van der Waals surface area contributed by atoms with Gasteiger partial charge in [-0.05, 0) is 92.5 Å². The number of anilines is 2. The molecule has 0 aliphatic carbocycles. The Morgan fingerprint density at radius 3 is 1.69 bits per heavy atom. The Morgan fingerprint density at radius 1 is 0.588 bits per heavy atom. The second-order valence-corrected chi connectivity index (χ2v) is 14.2. The Bertz CT molecular complexity index is 1530. The van der Waals surface area contributed by atoms with E-state index in [-0.39, 0.29) is 0 Å². The lowest BCUT2D eigenvalue weighted by molar-refractivity contribution is 0.174. The van der Waals surface area contributed by atoms with E-state index in [1.807, 2.05) is 24.3 Å². The Morgan fingerprint density at radius 2 is 1.14 bits per heavy atom. The second-order valence-electron chi connectivity index (χ2n) is 13.4. The van der Waals surface area contributed by atoms with Crippen molar-refractivity contribution in [3.63, 3.8) is 0 Å². The third kappa shape index (κ3) is 10.7. The maximum Gasteiger partial charge on any atom is 0.231 e. The van der Waals surface area contributed by atoms with E-state index < -0.39 is 0 Å². The maximum atomic E-state index is 6.04. The van der Waals surface area contributed by atoms with Crippen molar-refractivity contribution in [3.05, 3.63) is 69.7 Å². The highest BCUT2D eigenvalue weighted by atomic mass is 35.5. The van der Waals surface area contributed by atoms with E-state index in [9.17, 15) is 0 Å². The van der Waals surface area contributed by atoms with Gasteiger partial charge < -0.3 is 28.7 Å². The lowest BCUT2D eigenvalue weighted by atomic mass is 9.99. The summed E-state index contributed by atoms with van der Waals surface area (Å²) in [6.45, 7) is 21.6. The highest BCUT2D eigenvalue weighted by molar-refractivity contribution is 6.42. The van der Waals surface area contributed by atoms with Crippen molar-refractivity contribution in [3.8, 4) is 23.0 Å². The van der Waals surface area contributed by atoms with Gasteiger partial charge in [-0.2, -0.15) is 0 Å². The summed E-state index contributed by atoms with van der Waals surface area (Å²) in [6, 6.07) is 16.3. The summed E-state index contributed by atoms with van der Waals surface area (Å²) < 4.78 is 21.4. The van der Waals surface area contributed by atoms with Crippen LogP contribution in [0.3, 0.4) is 0 Å². The van der Waals surface area contributed by atoms with Crippen LogP contribution in [0.1, 0.15) is 44.7 Å². The summed E-state index contributed by atoms with van der Waals surface area (Å²) in [4.78, 5) is 12.3. The number of hydrogen-bond donors (Lipinski definition) is 0. The summed E-state index contributed by atoms with van der Waals surface area (Å²) in [7, 11) is 3.37. The number of nitrogens with zero attached hydrogens (tertiary/aromatic N) is 5. The lowest BCUT2D eigenvalue weighted by Crippen LogP contribution is -2.46. The van der Waals surface area contributed by atoms with E-state index in [1.165, 1.54) is 48.4 Å². The number of hydrogen-bond acceptors (Lipinski definition) is 9. The SMILES string of the molecule is CCCN1CCN(c2ccc(Cl)c(Cl)c2)CC1.CCCN1CCN(c2ccc3c(c2)OCO3)CC1.CCN1CCc2cc(OC)c(OC)cc2C1. The van der Waals surface area contributed by atoms with E-state index >= 15 is 0 Å². The van der Waals surface area contributed by atoms with Crippen LogP contribution in [0.15, 0.2) is 48.5 Å². The molecule has 4 heterocycles. The molecule has 3 aromatic rings. The van der Waals surface area contributed by atoms with Crippen LogP contribution >= 0.6 is 23.2 Å². The highest BCUT2D eigenvalue weighted by Gasteiger charge is 2.21. The van der Waals surface area contributed by atoms with Gasteiger partial charge >= 0.3 is 0 Å². The molecule has 0 atom stereocenters. The van der Waals surface area contributed by atoms with Crippen LogP contribution < -0.4 is 28.7 Å². The number of methoxy groups -OCH3 is 2. The molecule has 2 fully saturated rings. The Kier molecular flexibility index (Phi) is 15.1. The van der Waals surface area contributed by atoms with Gasteiger partial charge in [0.25, 0.3) is 0 Å². The van der Waals surface area contributed by atoms with E-state index in [0.29, 0.717) is 16.8 Å². The van der Waals surface area contributed by atoms with Gasteiger partial charge in [-0.1, -0.05) is 44.0 Å².